The lowest BCUT2D eigenvalue weighted by Crippen LogP contribution is -2.33. The molecule has 0 atom stereocenters. The lowest BCUT2D eigenvalue weighted by atomic mass is 10.1. The number of anilines is 1. The molecule has 1 amide bonds. The van der Waals surface area contributed by atoms with Crippen LogP contribution in [0.2, 0.25) is 0 Å². The maximum atomic E-state index is 12.2. The van der Waals surface area contributed by atoms with Crippen LogP contribution in [0.1, 0.15) is 48.8 Å². The van der Waals surface area contributed by atoms with Crippen molar-refractivity contribution in [3.05, 3.63) is 11.4 Å². The fourth-order valence-electron chi connectivity index (χ4n) is 2.90. The van der Waals surface area contributed by atoms with Gasteiger partial charge >= 0.3 is 0 Å². The normalized spacial score (nSPS) is 16.1. The smallest absolute Gasteiger partial charge is 0.271 e. The molecule has 21 heavy (non-hydrogen) atoms. The van der Waals surface area contributed by atoms with E-state index < -0.39 is 0 Å². The lowest BCUT2D eigenvalue weighted by molar-refractivity contribution is 0.0942. The molecule has 1 fully saturated rings. The van der Waals surface area contributed by atoms with E-state index in [1.54, 1.807) is 11.7 Å². The summed E-state index contributed by atoms with van der Waals surface area (Å²) in [5.41, 5.74) is 7.76. The Balaban J connectivity index is 1.78. The Morgan fingerprint density at radius 3 is 2.67 bits per heavy atom. The monoisotopic (exact) mass is 293 g/mol. The number of nitrogens with two attached hydrogens (primary N) is 1. The Hall–Kier alpha value is -1.56. The highest BCUT2D eigenvalue weighted by Crippen LogP contribution is 2.16. The molecule has 6 heteroatoms. The minimum atomic E-state index is -0.124. The SMILES string of the molecule is CCc1nn(C)c(C(=O)NCCCN2CCCCC2)c1N. The van der Waals surface area contributed by atoms with Crippen molar-refractivity contribution in [2.45, 2.75) is 39.0 Å². The zero-order valence-corrected chi connectivity index (χ0v) is 13.2. The highest BCUT2D eigenvalue weighted by atomic mass is 16.2. The molecule has 1 aliphatic rings. The minimum absolute atomic E-state index is 0.124. The van der Waals surface area contributed by atoms with Gasteiger partial charge in [-0.25, -0.2) is 0 Å². The molecule has 2 rings (SSSR count). The van der Waals surface area contributed by atoms with Crippen molar-refractivity contribution in [2.24, 2.45) is 7.05 Å². The van der Waals surface area contributed by atoms with Crippen LogP contribution in [0.4, 0.5) is 5.69 Å². The van der Waals surface area contributed by atoms with E-state index in [9.17, 15) is 4.79 Å². The zero-order valence-electron chi connectivity index (χ0n) is 13.2. The fourth-order valence-corrected chi connectivity index (χ4v) is 2.90. The van der Waals surface area contributed by atoms with E-state index in [4.69, 9.17) is 5.73 Å². The predicted molar refractivity (Wildman–Crippen MR) is 84.2 cm³/mol. The molecular weight excluding hydrogens is 266 g/mol. The number of piperidine rings is 1. The number of aromatic nitrogens is 2. The first-order valence-electron chi connectivity index (χ1n) is 7.95. The number of hydrogen-bond donors (Lipinski definition) is 2. The van der Waals surface area contributed by atoms with Crippen LogP contribution in [0.5, 0.6) is 0 Å². The van der Waals surface area contributed by atoms with E-state index in [0.717, 1.165) is 25.1 Å². The predicted octanol–water partition coefficient (Wildman–Crippen LogP) is 1.17. The molecule has 3 N–H and O–H groups in total. The van der Waals surface area contributed by atoms with Crippen LogP contribution >= 0.6 is 0 Å². The van der Waals surface area contributed by atoms with Crippen LogP contribution in [0, 0.1) is 0 Å². The van der Waals surface area contributed by atoms with Gasteiger partial charge in [0.2, 0.25) is 0 Å². The number of nitrogens with one attached hydrogen (secondary N) is 1. The minimum Gasteiger partial charge on any atom is -0.395 e. The molecule has 0 aromatic carbocycles. The molecule has 6 nitrogen and oxygen atoms in total. The number of likely N-dealkylation sites (tertiary alicyclic amines) is 1. The van der Waals surface area contributed by atoms with Crippen molar-refractivity contribution in [3.63, 3.8) is 0 Å². The van der Waals surface area contributed by atoms with E-state index >= 15 is 0 Å². The molecule has 0 saturated carbocycles. The Morgan fingerprint density at radius 2 is 2.05 bits per heavy atom. The van der Waals surface area contributed by atoms with Gasteiger partial charge in [-0.2, -0.15) is 5.10 Å². The van der Waals surface area contributed by atoms with Crippen molar-refractivity contribution in [3.8, 4) is 0 Å². The van der Waals surface area contributed by atoms with Crippen molar-refractivity contribution in [2.75, 3.05) is 31.9 Å². The van der Waals surface area contributed by atoms with Gasteiger partial charge in [0, 0.05) is 13.6 Å². The Bertz CT molecular complexity index is 477. The first kappa shape index (κ1) is 15.8. The quantitative estimate of drug-likeness (QED) is 0.772. The van der Waals surface area contributed by atoms with Crippen molar-refractivity contribution in [1.29, 1.82) is 0 Å². The first-order valence-corrected chi connectivity index (χ1v) is 7.95. The van der Waals surface area contributed by atoms with Gasteiger partial charge in [0.15, 0.2) is 0 Å². The van der Waals surface area contributed by atoms with Gasteiger partial charge < -0.3 is 16.0 Å². The molecule has 2 heterocycles. The van der Waals surface area contributed by atoms with Crippen molar-refractivity contribution < 1.29 is 4.79 Å². The van der Waals surface area contributed by atoms with Gasteiger partial charge in [0.1, 0.15) is 5.69 Å². The highest BCUT2D eigenvalue weighted by Gasteiger charge is 2.18. The van der Waals surface area contributed by atoms with E-state index in [-0.39, 0.29) is 5.91 Å². The van der Waals surface area contributed by atoms with Gasteiger partial charge in [-0.1, -0.05) is 13.3 Å². The fraction of sp³-hybridized carbons (Fsp3) is 0.733. The van der Waals surface area contributed by atoms with Crippen molar-refractivity contribution >= 4 is 11.6 Å². The van der Waals surface area contributed by atoms with Crippen LogP contribution in [0.3, 0.4) is 0 Å². The summed E-state index contributed by atoms with van der Waals surface area (Å²) in [6.07, 6.45) is 5.67. The summed E-state index contributed by atoms with van der Waals surface area (Å²) in [7, 11) is 1.76. The van der Waals surface area contributed by atoms with Gasteiger partial charge in [-0.3, -0.25) is 9.48 Å². The van der Waals surface area contributed by atoms with E-state index in [1.807, 2.05) is 6.92 Å². The number of amides is 1. The van der Waals surface area contributed by atoms with Gasteiger partial charge in [-0.05, 0) is 45.3 Å². The summed E-state index contributed by atoms with van der Waals surface area (Å²) in [4.78, 5) is 14.7. The third-order valence-corrected chi connectivity index (χ3v) is 4.10. The molecule has 0 radical (unpaired) electrons. The number of carbonyl (C=O) groups is 1. The lowest BCUT2D eigenvalue weighted by Gasteiger charge is -2.26. The van der Waals surface area contributed by atoms with Crippen LogP contribution in [0.25, 0.3) is 0 Å². The molecule has 0 unspecified atom stereocenters. The molecule has 0 aliphatic carbocycles. The molecule has 1 saturated heterocycles. The molecule has 0 bridgehead atoms. The molecule has 0 spiro atoms. The summed E-state index contributed by atoms with van der Waals surface area (Å²) < 4.78 is 1.58. The third-order valence-electron chi connectivity index (χ3n) is 4.10. The second kappa shape index (κ2) is 7.45. The van der Waals surface area contributed by atoms with E-state index in [1.165, 1.54) is 32.4 Å². The largest absolute Gasteiger partial charge is 0.395 e. The number of nitrogens with zero attached hydrogens (tertiary/aromatic N) is 3. The maximum absolute atomic E-state index is 12.2. The topological polar surface area (TPSA) is 76.2 Å². The highest BCUT2D eigenvalue weighted by molar-refractivity contribution is 5.97. The first-order chi connectivity index (χ1) is 10.1. The zero-order chi connectivity index (χ0) is 15.2. The van der Waals surface area contributed by atoms with Crippen LogP contribution < -0.4 is 11.1 Å². The second-order valence-corrected chi connectivity index (χ2v) is 5.70. The number of carbonyl (C=O) groups excluding carboxylic acids is 1. The molecule has 1 aliphatic heterocycles. The maximum Gasteiger partial charge on any atom is 0.271 e. The van der Waals surface area contributed by atoms with Crippen molar-refractivity contribution in [1.82, 2.24) is 20.0 Å². The number of rotatable bonds is 6. The molecule has 118 valence electrons. The van der Waals surface area contributed by atoms with Crippen LogP contribution in [-0.2, 0) is 13.5 Å². The standard InChI is InChI=1S/C15H27N5O/c1-3-12-13(16)14(19(2)18-12)15(21)17-8-7-11-20-9-5-4-6-10-20/h3-11,16H2,1-2H3,(H,17,21). The Kier molecular flexibility index (Phi) is 5.61. The number of aryl methyl sites for hydroxylation is 2. The summed E-state index contributed by atoms with van der Waals surface area (Å²) in [5.74, 6) is -0.124. The molecular formula is C15H27N5O. The average molecular weight is 293 g/mol. The summed E-state index contributed by atoms with van der Waals surface area (Å²) in [6, 6.07) is 0. The van der Waals surface area contributed by atoms with Gasteiger partial charge in [0.25, 0.3) is 5.91 Å². The third kappa shape index (κ3) is 3.97. The van der Waals surface area contributed by atoms with Crippen LogP contribution in [0.15, 0.2) is 0 Å². The second-order valence-electron chi connectivity index (χ2n) is 5.70. The van der Waals surface area contributed by atoms with E-state index in [2.05, 4.69) is 15.3 Å². The van der Waals surface area contributed by atoms with E-state index in [0.29, 0.717) is 17.9 Å². The number of nitrogen functional groups attached to an aromatic ring is 1. The average Bonchev–Trinajstić information content (AvgIpc) is 2.79. The summed E-state index contributed by atoms with van der Waals surface area (Å²) >= 11 is 0. The number of hydrogen-bond acceptors (Lipinski definition) is 4. The summed E-state index contributed by atoms with van der Waals surface area (Å²) in [6.45, 7) is 6.12. The molecule has 1 aromatic heterocycles. The van der Waals surface area contributed by atoms with Gasteiger partial charge in [0.05, 0.1) is 11.4 Å². The van der Waals surface area contributed by atoms with Crippen LogP contribution in [-0.4, -0.2) is 46.8 Å². The van der Waals surface area contributed by atoms with Gasteiger partial charge in [-0.15, -0.1) is 0 Å². The summed E-state index contributed by atoms with van der Waals surface area (Å²) in [5, 5.41) is 7.23. The molecule has 1 aromatic rings. The Labute approximate surface area is 126 Å². The Morgan fingerprint density at radius 1 is 1.33 bits per heavy atom.